The number of aliphatic hydroxyl groups excluding tert-OH is 1. The van der Waals surface area contributed by atoms with Gasteiger partial charge in [0.25, 0.3) is 0 Å². The molecule has 3 rings (SSSR count). The maximum atomic E-state index is 10.3. The Bertz CT molecular complexity index is 744. The van der Waals surface area contributed by atoms with Crippen LogP contribution in [0, 0.1) is 0 Å². The minimum Gasteiger partial charge on any atom is -0.497 e. The van der Waals surface area contributed by atoms with Gasteiger partial charge in [-0.2, -0.15) is 0 Å². The van der Waals surface area contributed by atoms with E-state index in [1.807, 2.05) is 36.4 Å². The second-order valence-electron chi connectivity index (χ2n) is 4.85. The lowest BCUT2D eigenvalue weighted by molar-refractivity contribution is 0.173. The van der Waals surface area contributed by atoms with E-state index in [1.54, 1.807) is 25.7 Å². The van der Waals surface area contributed by atoms with Gasteiger partial charge in [0.15, 0.2) is 0 Å². The fourth-order valence-electron chi connectivity index (χ4n) is 2.42. The lowest BCUT2D eigenvalue weighted by Crippen LogP contribution is -2.04. The molecule has 0 aliphatic heterocycles. The van der Waals surface area contributed by atoms with Gasteiger partial charge in [-0.3, -0.25) is 9.97 Å². The molecule has 1 N–H and O–H groups in total. The summed E-state index contributed by atoms with van der Waals surface area (Å²) in [5, 5.41) is 12.5. The summed E-state index contributed by atoms with van der Waals surface area (Å²) in [5.74, 6) is 0.809. The Labute approximate surface area is 123 Å². The van der Waals surface area contributed by atoms with E-state index in [4.69, 9.17) is 4.74 Å². The van der Waals surface area contributed by atoms with Gasteiger partial charge in [-0.05, 0) is 28.5 Å². The first-order chi connectivity index (χ1) is 10.3. The maximum Gasteiger partial charge on any atom is 0.119 e. The zero-order valence-electron chi connectivity index (χ0n) is 11.7. The molecule has 0 radical (unpaired) electrons. The Kier molecular flexibility index (Phi) is 3.79. The van der Waals surface area contributed by atoms with E-state index in [0.29, 0.717) is 12.1 Å². The summed E-state index contributed by atoms with van der Waals surface area (Å²) in [4.78, 5) is 8.15. The molecule has 0 saturated heterocycles. The van der Waals surface area contributed by atoms with Crippen LogP contribution in [0.4, 0.5) is 0 Å². The van der Waals surface area contributed by atoms with E-state index in [9.17, 15) is 5.11 Å². The third-order valence-electron chi connectivity index (χ3n) is 3.52. The first-order valence-corrected chi connectivity index (χ1v) is 6.77. The predicted octanol–water partition coefficient (Wildman–Crippen LogP) is 2.91. The Balaban J connectivity index is 1.96. The molecule has 2 aromatic carbocycles. The third kappa shape index (κ3) is 2.85. The van der Waals surface area contributed by atoms with Gasteiger partial charge in [-0.25, -0.2) is 0 Å². The summed E-state index contributed by atoms with van der Waals surface area (Å²) in [6.45, 7) is 0. The zero-order valence-corrected chi connectivity index (χ0v) is 11.7. The van der Waals surface area contributed by atoms with Gasteiger partial charge in [0, 0.05) is 18.8 Å². The van der Waals surface area contributed by atoms with E-state index in [1.165, 1.54) is 0 Å². The van der Waals surface area contributed by atoms with Crippen LogP contribution in [-0.2, 0) is 6.42 Å². The highest BCUT2D eigenvalue weighted by molar-refractivity contribution is 5.87. The van der Waals surface area contributed by atoms with Crippen LogP contribution in [-0.4, -0.2) is 22.2 Å². The number of fused-ring (bicyclic) bond motifs is 1. The summed E-state index contributed by atoms with van der Waals surface area (Å²) in [7, 11) is 1.65. The monoisotopic (exact) mass is 280 g/mol. The summed E-state index contributed by atoms with van der Waals surface area (Å²) in [6, 6.07) is 12.0. The van der Waals surface area contributed by atoms with Crippen molar-refractivity contribution >= 4 is 10.8 Å². The predicted molar refractivity (Wildman–Crippen MR) is 81.2 cm³/mol. The Hall–Kier alpha value is -2.46. The van der Waals surface area contributed by atoms with E-state index in [2.05, 4.69) is 9.97 Å². The number of methoxy groups -OCH3 is 1. The molecule has 4 heteroatoms. The van der Waals surface area contributed by atoms with Crippen molar-refractivity contribution in [1.82, 2.24) is 9.97 Å². The first-order valence-electron chi connectivity index (χ1n) is 6.77. The number of nitrogens with zero attached hydrogens (tertiary/aromatic N) is 2. The summed E-state index contributed by atoms with van der Waals surface area (Å²) in [5.41, 5.74) is 1.64. The molecule has 0 bridgehead atoms. The second kappa shape index (κ2) is 5.89. The summed E-state index contributed by atoms with van der Waals surface area (Å²) in [6.07, 6.45) is 4.60. The number of benzene rings is 2. The zero-order chi connectivity index (χ0) is 14.7. The van der Waals surface area contributed by atoms with Crippen molar-refractivity contribution in [2.24, 2.45) is 0 Å². The van der Waals surface area contributed by atoms with Crippen molar-refractivity contribution in [3.8, 4) is 5.75 Å². The molecule has 0 saturated carbocycles. The van der Waals surface area contributed by atoms with Gasteiger partial charge in [-0.15, -0.1) is 0 Å². The summed E-state index contributed by atoms with van der Waals surface area (Å²) < 4.78 is 5.28. The van der Waals surface area contributed by atoms with Crippen LogP contribution in [0.25, 0.3) is 10.8 Å². The van der Waals surface area contributed by atoms with Crippen molar-refractivity contribution < 1.29 is 9.84 Å². The molecular formula is C17H16N2O2. The molecular weight excluding hydrogens is 264 g/mol. The second-order valence-corrected chi connectivity index (χ2v) is 4.85. The standard InChI is InChI=1S/C17H16N2O2/c1-21-14-6-5-12-3-2-4-13(15(12)10-14)9-17(20)16-11-18-7-8-19-16/h2-8,10-11,17,20H,9H2,1H3. The molecule has 0 fully saturated rings. The lowest BCUT2D eigenvalue weighted by Gasteiger charge is -2.12. The van der Waals surface area contributed by atoms with Crippen LogP contribution in [0.2, 0.25) is 0 Å². The number of hydrogen-bond acceptors (Lipinski definition) is 4. The molecule has 0 amide bonds. The van der Waals surface area contributed by atoms with Gasteiger partial charge in [0.05, 0.1) is 19.0 Å². The van der Waals surface area contributed by atoms with Crippen LogP contribution >= 0.6 is 0 Å². The Morgan fingerprint density at radius 2 is 2.10 bits per heavy atom. The largest absolute Gasteiger partial charge is 0.497 e. The molecule has 106 valence electrons. The van der Waals surface area contributed by atoms with E-state index < -0.39 is 6.10 Å². The smallest absolute Gasteiger partial charge is 0.119 e. The molecule has 3 aromatic rings. The Morgan fingerprint density at radius 1 is 1.19 bits per heavy atom. The Morgan fingerprint density at radius 3 is 2.86 bits per heavy atom. The maximum absolute atomic E-state index is 10.3. The number of aliphatic hydroxyl groups is 1. The molecule has 0 aliphatic rings. The van der Waals surface area contributed by atoms with Crippen molar-refractivity contribution in [2.45, 2.75) is 12.5 Å². The molecule has 0 aliphatic carbocycles. The van der Waals surface area contributed by atoms with Crippen LogP contribution in [0.5, 0.6) is 5.75 Å². The molecule has 0 spiro atoms. The van der Waals surface area contributed by atoms with Crippen LogP contribution < -0.4 is 4.74 Å². The van der Waals surface area contributed by atoms with Gasteiger partial charge < -0.3 is 9.84 Å². The quantitative estimate of drug-likeness (QED) is 0.798. The fraction of sp³-hybridized carbons (Fsp3) is 0.176. The average molecular weight is 280 g/mol. The minimum absolute atomic E-state index is 0.489. The topological polar surface area (TPSA) is 55.2 Å². The van der Waals surface area contributed by atoms with Crippen LogP contribution in [0.3, 0.4) is 0 Å². The van der Waals surface area contributed by atoms with Gasteiger partial charge in [-0.1, -0.05) is 24.3 Å². The molecule has 1 aromatic heterocycles. The SMILES string of the molecule is COc1ccc2cccc(CC(O)c3cnccn3)c2c1. The van der Waals surface area contributed by atoms with Gasteiger partial charge >= 0.3 is 0 Å². The van der Waals surface area contributed by atoms with Crippen molar-refractivity contribution in [3.05, 3.63) is 66.2 Å². The van der Waals surface area contributed by atoms with E-state index >= 15 is 0 Å². The highest BCUT2D eigenvalue weighted by atomic mass is 16.5. The van der Waals surface area contributed by atoms with Crippen molar-refractivity contribution in [1.29, 1.82) is 0 Å². The lowest BCUT2D eigenvalue weighted by atomic mass is 9.98. The number of hydrogen-bond donors (Lipinski definition) is 1. The number of rotatable bonds is 4. The normalized spacial score (nSPS) is 12.3. The molecule has 21 heavy (non-hydrogen) atoms. The average Bonchev–Trinajstić information content (AvgIpc) is 2.55. The van der Waals surface area contributed by atoms with Gasteiger partial charge in [0.1, 0.15) is 11.9 Å². The third-order valence-corrected chi connectivity index (χ3v) is 3.52. The first kappa shape index (κ1) is 13.5. The van der Waals surface area contributed by atoms with Crippen LogP contribution in [0.15, 0.2) is 55.0 Å². The number of ether oxygens (including phenoxy) is 1. The highest BCUT2D eigenvalue weighted by Crippen LogP contribution is 2.27. The summed E-state index contributed by atoms with van der Waals surface area (Å²) >= 11 is 0. The van der Waals surface area contributed by atoms with Crippen molar-refractivity contribution in [2.75, 3.05) is 7.11 Å². The minimum atomic E-state index is -0.671. The van der Waals surface area contributed by atoms with Crippen LogP contribution in [0.1, 0.15) is 17.4 Å². The molecule has 1 heterocycles. The molecule has 1 atom stereocenters. The van der Waals surface area contributed by atoms with E-state index in [-0.39, 0.29) is 0 Å². The number of aromatic nitrogens is 2. The highest BCUT2D eigenvalue weighted by Gasteiger charge is 2.12. The van der Waals surface area contributed by atoms with E-state index in [0.717, 1.165) is 22.1 Å². The molecule has 4 nitrogen and oxygen atoms in total. The van der Waals surface area contributed by atoms with Gasteiger partial charge in [0.2, 0.25) is 0 Å². The fourth-order valence-corrected chi connectivity index (χ4v) is 2.42. The molecule has 1 unspecified atom stereocenters. The van der Waals surface area contributed by atoms with Crippen molar-refractivity contribution in [3.63, 3.8) is 0 Å².